The number of amides is 1. The van der Waals surface area contributed by atoms with Gasteiger partial charge < -0.3 is 10.6 Å². The number of piperazine rings is 1. The maximum Gasteiger partial charge on any atom is 0.236 e. The summed E-state index contributed by atoms with van der Waals surface area (Å²) in [5.41, 5.74) is 5.75. The van der Waals surface area contributed by atoms with Crippen LogP contribution in [-0.4, -0.2) is 80.0 Å². The summed E-state index contributed by atoms with van der Waals surface area (Å²) < 4.78 is 0. The molecular weight excluding hydrogens is 216 g/mol. The Morgan fingerprint density at radius 3 is 2.29 bits per heavy atom. The van der Waals surface area contributed by atoms with Gasteiger partial charge in [-0.1, -0.05) is 6.92 Å². The largest absolute Gasteiger partial charge is 0.348 e. The van der Waals surface area contributed by atoms with Crippen molar-refractivity contribution in [2.24, 2.45) is 5.73 Å². The number of rotatable bonds is 5. The van der Waals surface area contributed by atoms with Crippen molar-refractivity contribution in [3.63, 3.8) is 0 Å². The highest BCUT2D eigenvalue weighted by atomic mass is 16.2. The van der Waals surface area contributed by atoms with Crippen LogP contribution in [0.4, 0.5) is 0 Å². The number of carbonyl (C=O) groups is 1. The van der Waals surface area contributed by atoms with Crippen LogP contribution in [0.25, 0.3) is 0 Å². The molecule has 5 heteroatoms. The van der Waals surface area contributed by atoms with Gasteiger partial charge in [0.2, 0.25) is 5.91 Å². The van der Waals surface area contributed by atoms with Gasteiger partial charge in [0.1, 0.15) is 0 Å². The number of hydrogen-bond donors (Lipinski definition) is 1. The first-order chi connectivity index (χ1) is 8.08. The normalized spacial score (nSPS) is 20.2. The third-order valence-corrected chi connectivity index (χ3v) is 3.52. The van der Waals surface area contributed by atoms with Gasteiger partial charge in [-0.2, -0.15) is 0 Å². The molecule has 1 aliphatic rings. The Hall–Kier alpha value is -0.650. The predicted octanol–water partition coefficient (Wildman–Crippen LogP) is -0.570. The molecule has 1 amide bonds. The topological polar surface area (TPSA) is 52.8 Å². The summed E-state index contributed by atoms with van der Waals surface area (Å²) in [6, 6.07) is 0.502. The van der Waals surface area contributed by atoms with Crippen LogP contribution in [0.15, 0.2) is 0 Å². The lowest BCUT2D eigenvalue weighted by Gasteiger charge is -2.38. The summed E-state index contributed by atoms with van der Waals surface area (Å²) in [4.78, 5) is 17.9. The van der Waals surface area contributed by atoms with E-state index >= 15 is 0 Å². The third kappa shape index (κ3) is 4.26. The van der Waals surface area contributed by atoms with Crippen LogP contribution in [0.1, 0.15) is 13.3 Å². The molecule has 0 spiro atoms. The van der Waals surface area contributed by atoms with Crippen LogP contribution in [-0.2, 0) is 4.79 Å². The van der Waals surface area contributed by atoms with Gasteiger partial charge >= 0.3 is 0 Å². The Morgan fingerprint density at radius 2 is 1.88 bits per heavy atom. The van der Waals surface area contributed by atoms with E-state index in [1.165, 1.54) is 0 Å². The first-order valence-electron chi connectivity index (χ1n) is 6.45. The molecular formula is C12H26N4O. The Kier molecular flexibility index (Phi) is 5.88. The zero-order valence-electron chi connectivity index (χ0n) is 11.4. The number of carbonyl (C=O) groups excluding carboxylic acids is 1. The third-order valence-electron chi connectivity index (χ3n) is 3.52. The van der Waals surface area contributed by atoms with E-state index in [2.05, 4.69) is 16.7 Å². The fraction of sp³-hybridized carbons (Fsp3) is 0.917. The Balaban J connectivity index is 2.33. The summed E-state index contributed by atoms with van der Waals surface area (Å²) in [5, 5.41) is 0. The van der Waals surface area contributed by atoms with E-state index in [4.69, 9.17) is 5.73 Å². The molecule has 0 aliphatic carbocycles. The zero-order chi connectivity index (χ0) is 12.8. The zero-order valence-corrected chi connectivity index (χ0v) is 11.4. The van der Waals surface area contributed by atoms with Crippen molar-refractivity contribution in [3.8, 4) is 0 Å². The number of nitrogens with zero attached hydrogens (tertiary/aromatic N) is 3. The average Bonchev–Trinajstić information content (AvgIpc) is 2.32. The monoisotopic (exact) mass is 242 g/mol. The lowest BCUT2D eigenvalue weighted by atomic mass is 10.1. The first-order valence-corrected chi connectivity index (χ1v) is 6.45. The van der Waals surface area contributed by atoms with Gasteiger partial charge in [0, 0.05) is 52.9 Å². The fourth-order valence-corrected chi connectivity index (χ4v) is 2.19. The first kappa shape index (κ1) is 14.4. The van der Waals surface area contributed by atoms with E-state index in [0.717, 1.165) is 39.1 Å². The van der Waals surface area contributed by atoms with E-state index in [9.17, 15) is 4.79 Å². The fourth-order valence-electron chi connectivity index (χ4n) is 2.19. The maximum absolute atomic E-state index is 11.6. The van der Waals surface area contributed by atoms with E-state index in [1.807, 2.05) is 0 Å². The lowest BCUT2D eigenvalue weighted by Crippen LogP contribution is -2.53. The molecule has 0 aromatic rings. The molecule has 2 N–H and O–H groups in total. The molecule has 1 aliphatic heterocycles. The highest BCUT2D eigenvalue weighted by molar-refractivity contribution is 5.77. The number of likely N-dealkylation sites (N-methyl/N-ethyl adjacent to an activating group) is 1. The highest BCUT2D eigenvalue weighted by Crippen LogP contribution is 2.08. The van der Waals surface area contributed by atoms with Crippen molar-refractivity contribution in [2.75, 3.05) is 53.4 Å². The van der Waals surface area contributed by atoms with Gasteiger partial charge in [-0.25, -0.2) is 0 Å². The van der Waals surface area contributed by atoms with E-state index in [1.54, 1.807) is 19.0 Å². The van der Waals surface area contributed by atoms with Crippen molar-refractivity contribution < 1.29 is 4.79 Å². The molecule has 1 fully saturated rings. The van der Waals surface area contributed by atoms with Crippen LogP contribution >= 0.6 is 0 Å². The molecule has 1 unspecified atom stereocenters. The molecule has 0 aromatic carbocycles. The predicted molar refractivity (Wildman–Crippen MR) is 69.8 cm³/mol. The summed E-state index contributed by atoms with van der Waals surface area (Å²) >= 11 is 0. The molecule has 1 saturated heterocycles. The van der Waals surface area contributed by atoms with Crippen LogP contribution in [0.2, 0.25) is 0 Å². The Morgan fingerprint density at radius 1 is 1.29 bits per heavy atom. The van der Waals surface area contributed by atoms with Crippen molar-refractivity contribution in [2.45, 2.75) is 19.4 Å². The van der Waals surface area contributed by atoms with Gasteiger partial charge in [0.15, 0.2) is 0 Å². The molecule has 0 bridgehead atoms. The Labute approximate surface area is 105 Å². The molecule has 100 valence electrons. The summed E-state index contributed by atoms with van der Waals surface area (Å²) in [7, 11) is 3.61. The molecule has 17 heavy (non-hydrogen) atoms. The number of hydrogen-bond acceptors (Lipinski definition) is 4. The van der Waals surface area contributed by atoms with Gasteiger partial charge in [-0.05, 0) is 6.42 Å². The van der Waals surface area contributed by atoms with Crippen molar-refractivity contribution in [3.05, 3.63) is 0 Å². The molecule has 0 saturated carbocycles. The standard InChI is InChI=1S/C12H26N4O/c1-4-11(9-13)16-7-5-15(6-8-16)10-12(17)14(2)3/h11H,4-10,13H2,1-3H3. The molecule has 1 rings (SSSR count). The number of nitrogens with two attached hydrogens (primary N) is 1. The molecule has 0 radical (unpaired) electrons. The van der Waals surface area contributed by atoms with Gasteiger partial charge in [-0.15, -0.1) is 0 Å². The van der Waals surface area contributed by atoms with Crippen LogP contribution in [0.5, 0.6) is 0 Å². The van der Waals surface area contributed by atoms with E-state index in [-0.39, 0.29) is 5.91 Å². The quantitative estimate of drug-likeness (QED) is 0.701. The van der Waals surface area contributed by atoms with Crippen molar-refractivity contribution >= 4 is 5.91 Å². The van der Waals surface area contributed by atoms with E-state index < -0.39 is 0 Å². The summed E-state index contributed by atoms with van der Waals surface area (Å²) in [6.45, 7) is 7.44. The van der Waals surface area contributed by atoms with Crippen LogP contribution < -0.4 is 5.73 Å². The average molecular weight is 242 g/mol. The van der Waals surface area contributed by atoms with E-state index in [0.29, 0.717) is 12.6 Å². The van der Waals surface area contributed by atoms with Crippen LogP contribution in [0, 0.1) is 0 Å². The minimum Gasteiger partial charge on any atom is -0.348 e. The molecule has 1 atom stereocenters. The second-order valence-corrected chi connectivity index (χ2v) is 4.90. The maximum atomic E-state index is 11.6. The van der Waals surface area contributed by atoms with Gasteiger partial charge in [0.05, 0.1) is 6.54 Å². The minimum absolute atomic E-state index is 0.185. The summed E-state index contributed by atoms with van der Waals surface area (Å²) in [5.74, 6) is 0.185. The van der Waals surface area contributed by atoms with Crippen molar-refractivity contribution in [1.29, 1.82) is 0 Å². The van der Waals surface area contributed by atoms with Gasteiger partial charge in [0.25, 0.3) is 0 Å². The SMILES string of the molecule is CCC(CN)N1CCN(CC(=O)N(C)C)CC1. The molecule has 5 nitrogen and oxygen atoms in total. The lowest BCUT2D eigenvalue weighted by molar-refractivity contribution is -0.130. The highest BCUT2D eigenvalue weighted by Gasteiger charge is 2.23. The van der Waals surface area contributed by atoms with Crippen LogP contribution in [0.3, 0.4) is 0 Å². The van der Waals surface area contributed by atoms with Gasteiger partial charge in [-0.3, -0.25) is 14.6 Å². The molecule has 0 aromatic heterocycles. The Bertz CT molecular complexity index is 233. The minimum atomic E-state index is 0.185. The molecule has 1 heterocycles. The smallest absolute Gasteiger partial charge is 0.236 e. The second kappa shape index (κ2) is 6.93. The van der Waals surface area contributed by atoms with Crippen molar-refractivity contribution in [1.82, 2.24) is 14.7 Å². The second-order valence-electron chi connectivity index (χ2n) is 4.90. The summed E-state index contributed by atoms with van der Waals surface area (Å²) in [6.07, 6.45) is 1.10.